The second-order valence-electron chi connectivity index (χ2n) is 2.68. The Kier molecular flexibility index (Phi) is 5.50. The van der Waals surface area contributed by atoms with Crippen LogP contribution in [0.3, 0.4) is 0 Å². The molecule has 0 amide bonds. The van der Waals surface area contributed by atoms with Crippen LogP contribution in [0.15, 0.2) is 18.2 Å². The number of aromatic hydroxyl groups is 2. The third-order valence-corrected chi connectivity index (χ3v) is 1.75. The summed E-state index contributed by atoms with van der Waals surface area (Å²) >= 11 is 0. The number of phenols is 2. The highest BCUT2D eigenvalue weighted by Gasteiger charge is 2.03. The minimum Gasteiger partial charge on any atom is -0.504 e. The number of hydrogen-bond acceptors (Lipinski definition) is 3. The molecule has 1 aromatic rings. The molecule has 0 aliphatic carbocycles. The summed E-state index contributed by atoms with van der Waals surface area (Å²) in [5.41, 5.74) is 6.07. The lowest BCUT2D eigenvalue weighted by atomic mass is 10.1. The molecule has 0 aliphatic rings. The quantitative estimate of drug-likeness (QED) is 0.711. The van der Waals surface area contributed by atoms with Gasteiger partial charge in [0.25, 0.3) is 0 Å². The van der Waals surface area contributed by atoms with Gasteiger partial charge in [-0.25, -0.2) is 0 Å². The topological polar surface area (TPSA) is 66.5 Å². The second kappa shape index (κ2) is 5.83. The minimum atomic E-state index is -0.0653. The summed E-state index contributed by atoms with van der Waals surface area (Å²) in [5, 5.41) is 18.5. The van der Waals surface area contributed by atoms with Gasteiger partial charge in [0.1, 0.15) is 0 Å². The zero-order valence-corrected chi connectivity index (χ0v) is 8.95. The van der Waals surface area contributed by atoms with E-state index in [9.17, 15) is 5.11 Å². The molecule has 4 heteroatoms. The summed E-state index contributed by atoms with van der Waals surface area (Å²) in [6.45, 7) is 0.592. The number of para-hydroxylation sites is 1. The molecule has 0 aliphatic heterocycles. The average molecular weight is 248 g/mol. The van der Waals surface area contributed by atoms with Crippen LogP contribution in [0.5, 0.6) is 11.5 Å². The fourth-order valence-electron chi connectivity index (χ4n) is 1.07. The van der Waals surface area contributed by atoms with Crippen LogP contribution in [-0.2, 0) is 6.42 Å². The summed E-state index contributed by atoms with van der Waals surface area (Å²) in [6, 6.07) is 4.95. The van der Waals surface area contributed by atoms with Crippen molar-refractivity contribution in [3.8, 4) is 11.5 Å². The first-order valence-corrected chi connectivity index (χ1v) is 3.95. The summed E-state index contributed by atoms with van der Waals surface area (Å²) < 4.78 is 0. The Morgan fingerprint density at radius 2 is 1.92 bits per heavy atom. The maximum absolute atomic E-state index is 9.33. The maximum Gasteiger partial charge on any atom is 0.160 e. The van der Waals surface area contributed by atoms with Crippen LogP contribution in [0.4, 0.5) is 0 Å². The Morgan fingerprint density at radius 3 is 2.54 bits per heavy atom. The number of halogens is 1. The van der Waals surface area contributed by atoms with E-state index in [1.54, 1.807) is 12.1 Å². The van der Waals surface area contributed by atoms with Crippen LogP contribution in [0.2, 0.25) is 0 Å². The van der Waals surface area contributed by atoms with Gasteiger partial charge in [0.05, 0.1) is 0 Å². The van der Waals surface area contributed by atoms with Crippen molar-refractivity contribution in [1.29, 1.82) is 0 Å². The zero-order chi connectivity index (χ0) is 8.97. The molecular formula is C9H14BrNO2. The standard InChI is InChI=1S/C9H13NO2.BrH/c10-6-2-4-7-3-1-5-8(11)9(7)12;/h1,3,5,11-12H,2,4,6,10H2;1H. The van der Waals surface area contributed by atoms with Crippen molar-refractivity contribution >= 4 is 17.0 Å². The van der Waals surface area contributed by atoms with Crippen molar-refractivity contribution in [3.63, 3.8) is 0 Å². The van der Waals surface area contributed by atoms with Crippen molar-refractivity contribution in [1.82, 2.24) is 0 Å². The van der Waals surface area contributed by atoms with E-state index in [2.05, 4.69) is 0 Å². The molecule has 0 spiro atoms. The summed E-state index contributed by atoms with van der Waals surface area (Å²) in [6.07, 6.45) is 1.52. The predicted octanol–water partition coefficient (Wildman–Crippen LogP) is 1.57. The molecule has 3 nitrogen and oxygen atoms in total. The van der Waals surface area contributed by atoms with Crippen LogP contribution < -0.4 is 5.73 Å². The number of aryl methyl sites for hydroxylation is 1. The highest BCUT2D eigenvalue weighted by molar-refractivity contribution is 8.93. The van der Waals surface area contributed by atoms with Crippen molar-refractivity contribution in [2.45, 2.75) is 12.8 Å². The van der Waals surface area contributed by atoms with Crippen LogP contribution in [-0.4, -0.2) is 16.8 Å². The molecule has 0 radical (unpaired) electrons. The molecule has 0 aromatic heterocycles. The molecule has 0 unspecified atom stereocenters. The molecule has 1 aromatic carbocycles. The molecule has 0 bridgehead atoms. The normalized spacial score (nSPS) is 9.31. The van der Waals surface area contributed by atoms with Crippen molar-refractivity contribution in [2.75, 3.05) is 6.54 Å². The van der Waals surface area contributed by atoms with Gasteiger partial charge in [-0.15, -0.1) is 17.0 Å². The minimum absolute atomic E-state index is 0. The van der Waals surface area contributed by atoms with E-state index in [0.29, 0.717) is 13.0 Å². The Balaban J connectivity index is 0.00000144. The molecule has 0 saturated heterocycles. The van der Waals surface area contributed by atoms with Crippen molar-refractivity contribution in [3.05, 3.63) is 23.8 Å². The van der Waals surface area contributed by atoms with E-state index in [0.717, 1.165) is 12.0 Å². The van der Waals surface area contributed by atoms with E-state index in [-0.39, 0.29) is 28.5 Å². The largest absolute Gasteiger partial charge is 0.504 e. The lowest BCUT2D eigenvalue weighted by Crippen LogP contribution is -2.00. The van der Waals surface area contributed by atoms with Crippen LogP contribution in [0, 0.1) is 0 Å². The number of rotatable bonds is 3. The van der Waals surface area contributed by atoms with Gasteiger partial charge in [0, 0.05) is 0 Å². The molecule has 74 valence electrons. The Morgan fingerprint density at radius 1 is 1.23 bits per heavy atom. The lowest BCUT2D eigenvalue weighted by Gasteiger charge is -2.04. The van der Waals surface area contributed by atoms with E-state index in [1.165, 1.54) is 6.07 Å². The SMILES string of the molecule is Br.NCCCc1cccc(O)c1O. The van der Waals surface area contributed by atoms with E-state index >= 15 is 0 Å². The number of nitrogens with two attached hydrogens (primary N) is 1. The summed E-state index contributed by atoms with van der Waals surface area (Å²) in [5.74, 6) is -0.0875. The molecule has 0 fully saturated rings. The summed E-state index contributed by atoms with van der Waals surface area (Å²) in [4.78, 5) is 0. The van der Waals surface area contributed by atoms with Gasteiger partial charge < -0.3 is 15.9 Å². The summed E-state index contributed by atoms with van der Waals surface area (Å²) in [7, 11) is 0. The molecule has 0 atom stereocenters. The van der Waals surface area contributed by atoms with Crippen molar-refractivity contribution in [2.24, 2.45) is 5.73 Å². The Bertz CT molecular complexity index is 266. The lowest BCUT2D eigenvalue weighted by molar-refractivity contribution is 0.399. The predicted molar refractivity (Wildman–Crippen MR) is 57.5 cm³/mol. The Labute approximate surface area is 88.0 Å². The molecule has 0 saturated carbocycles. The van der Waals surface area contributed by atoms with Crippen LogP contribution in [0.1, 0.15) is 12.0 Å². The monoisotopic (exact) mass is 247 g/mol. The smallest absolute Gasteiger partial charge is 0.160 e. The van der Waals surface area contributed by atoms with Gasteiger partial charge in [-0.3, -0.25) is 0 Å². The molecule has 0 heterocycles. The van der Waals surface area contributed by atoms with Gasteiger partial charge in [0.2, 0.25) is 0 Å². The van der Waals surface area contributed by atoms with Gasteiger partial charge in [-0.05, 0) is 31.0 Å². The van der Waals surface area contributed by atoms with Gasteiger partial charge in [0.15, 0.2) is 11.5 Å². The maximum atomic E-state index is 9.33. The number of benzene rings is 1. The van der Waals surface area contributed by atoms with Crippen LogP contribution >= 0.6 is 17.0 Å². The molecule has 13 heavy (non-hydrogen) atoms. The third-order valence-electron chi connectivity index (χ3n) is 1.75. The molecule has 1 rings (SSSR count). The van der Waals surface area contributed by atoms with Crippen molar-refractivity contribution < 1.29 is 10.2 Å². The highest BCUT2D eigenvalue weighted by Crippen LogP contribution is 2.28. The van der Waals surface area contributed by atoms with Gasteiger partial charge in [-0.1, -0.05) is 12.1 Å². The first-order chi connectivity index (χ1) is 5.75. The Hall–Kier alpha value is -0.740. The molecular weight excluding hydrogens is 234 g/mol. The number of phenolic OH excluding ortho intramolecular Hbond substituents is 2. The zero-order valence-electron chi connectivity index (χ0n) is 7.23. The van der Waals surface area contributed by atoms with E-state index in [4.69, 9.17) is 10.8 Å². The third kappa shape index (κ3) is 3.24. The fourth-order valence-corrected chi connectivity index (χ4v) is 1.07. The van der Waals surface area contributed by atoms with Gasteiger partial charge in [-0.2, -0.15) is 0 Å². The van der Waals surface area contributed by atoms with E-state index in [1.807, 2.05) is 0 Å². The van der Waals surface area contributed by atoms with Gasteiger partial charge >= 0.3 is 0 Å². The first-order valence-electron chi connectivity index (χ1n) is 3.95. The number of hydrogen-bond donors (Lipinski definition) is 3. The molecule has 4 N–H and O–H groups in total. The highest BCUT2D eigenvalue weighted by atomic mass is 79.9. The second-order valence-corrected chi connectivity index (χ2v) is 2.68. The average Bonchev–Trinajstić information content (AvgIpc) is 2.08. The fraction of sp³-hybridized carbons (Fsp3) is 0.333. The first kappa shape index (κ1) is 12.3. The van der Waals surface area contributed by atoms with E-state index < -0.39 is 0 Å². The van der Waals surface area contributed by atoms with Crippen LogP contribution in [0.25, 0.3) is 0 Å².